The number of nitrogens with one attached hydrogen (secondary N) is 1. The van der Waals surface area contributed by atoms with E-state index in [1.54, 1.807) is 30.6 Å². The van der Waals surface area contributed by atoms with E-state index in [1.165, 1.54) is 7.11 Å². The highest BCUT2D eigenvalue weighted by atomic mass is 19.1. The van der Waals surface area contributed by atoms with Crippen molar-refractivity contribution in [3.05, 3.63) is 89.2 Å². The lowest BCUT2D eigenvalue weighted by Gasteiger charge is -2.13. The first kappa shape index (κ1) is 19.3. The van der Waals surface area contributed by atoms with Gasteiger partial charge in [-0.05, 0) is 42.0 Å². The third-order valence-electron chi connectivity index (χ3n) is 3.97. The van der Waals surface area contributed by atoms with E-state index in [1.807, 2.05) is 12.1 Å². The number of rotatable bonds is 7. The molecule has 2 aromatic carbocycles. The highest BCUT2D eigenvalue weighted by Gasteiger charge is 2.13. The average molecular weight is 384 g/mol. The van der Waals surface area contributed by atoms with Gasteiger partial charge in [-0.1, -0.05) is 12.1 Å². The molecule has 1 heterocycles. The molecule has 144 valence electrons. The molecule has 0 atom stereocenters. The molecule has 3 rings (SSSR count). The minimum Gasteiger partial charge on any atom is -0.493 e. The van der Waals surface area contributed by atoms with Crippen LogP contribution in [0.15, 0.2) is 60.9 Å². The Morgan fingerprint density at radius 1 is 1.07 bits per heavy atom. The lowest BCUT2D eigenvalue weighted by Crippen LogP contribution is -2.24. The maximum Gasteiger partial charge on any atom is 0.254 e. The molecule has 1 amide bonds. The monoisotopic (exact) mass is 384 g/mol. The fraction of sp³-hybridized carbons (Fsp3) is 0.143. The first-order valence-electron chi connectivity index (χ1n) is 8.48. The van der Waals surface area contributed by atoms with Crippen molar-refractivity contribution in [2.45, 2.75) is 13.2 Å². The van der Waals surface area contributed by atoms with Crippen LogP contribution in [-0.4, -0.2) is 18.0 Å². The second-order valence-electron chi connectivity index (χ2n) is 5.94. The van der Waals surface area contributed by atoms with Crippen LogP contribution in [0.2, 0.25) is 0 Å². The zero-order valence-electron chi connectivity index (χ0n) is 15.1. The van der Waals surface area contributed by atoms with Gasteiger partial charge in [0.2, 0.25) is 0 Å². The van der Waals surface area contributed by atoms with Gasteiger partial charge in [0.15, 0.2) is 11.5 Å². The predicted octanol–water partition coefficient (Wildman–Crippen LogP) is 3.88. The van der Waals surface area contributed by atoms with E-state index < -0.39 is 17.5 Å². The van der Waals surface area contributed by atoms with E-state index in [-0.39, 0.29) is 12.1 Å². The van der Waals surface area contributed by atoms with Gasteiger partial charge in [0.1, 0.15) is 18.2 Å². The van der Waals surface area contributed by atoms with Gasteiger partial charge in [-0.15, -0.1) is 0 Å². The van der Waals surface area contributed by atoms with Crippen molar-refractivity contribution in [2.75, 3.05) is 7.11 Å². The maximum absolute atomic E-state index is 13.7. The number of carbonyl (C=O) groups excluding carboxylic acids is 1. The van der Waals surface area contributed by atoms with Gasteiger partial charge in [0, 0.05) is 24.5 Å². The smallest absolute Gasteiger partial charge is 0.254 e. The third kappa shape index (κ3) is 4.82. The van der Waals surface area contributed by atoms with Crippen LogP contribution in [0.5, 0.6) is 11.5 Å². The molecule has 7 heteroatoms. The van der Waals surface area contributed by atoms with Gasteiger partial charge in [0.05, 0.1) is 12.7 Å². The second-order valence-corrected chi connectivity index (χ2v) is 5.94. The van der Waals surface area contributed by atoms with E-state index >= 15 is 0 Å². The van der Waals surface area contributed by atoms with Gasteiger partial charge in [0.25, 0.3) is 5.91 Å². The molecular formula is C21H18F2N2O3. The predicted molar refractivity (Wildman–Crippen MR) is 99.1 cm³/mol. The van der Waals surface area contributed by atoms with Gasteiger partial charge in [-0.2, -0.15) is 0 Å². The molecule has 0 saturated heterocycles. The van der Waals surface area contributed by atoms with E-state index in [9.17, 15) is 13.6 Å². The largest absolute Gasteiger partial charge is 0.493 e. The summed E-state index contributed by atoms with van der Waals surface area (Å²) in [7, 11) is 1.51. The number of benzene rings is 2. The summed E-state index contributed by atoms with van der Waals surface area (Å²) >= 11 is 0. The highest BCUT2D eigenvalue weighted by molar-refractivity contribution is 5.94. The minimum atomic E-state index is -0.782. The normalized spacial score (nSPS) is 10.4. The van der Waals surface area contributed by atoms with Crippen LogP contribution in [0.1, 0.15) is 21.5 Å². The van der Waals surface area contributed by atoms with Crippen LogP contribution < -0.4 is 14.8 Å². The Balaban J connectivity index is 1.64. The zero-order valence-corrected chi connectivity index (χ0v) is 15.1. The minimum absolute atomic E-state index is 0.119. The van der Waals surface area contributed by atoms with Crippen LogP contribution in [0.4, 0.5) is 8.78 Å². The number of hydrogen-bond donors (Lipinski definition) is 1. The molecule has 0 bridgehead atoms. The van der Waals surface area contributed by atoms with Gasteiger partial charge >= 0.3 is 0 Å². The van der Waals surface area contributed by atoms with E-state index in [0.29, 0.717) is 18.1 Å². The summed E-state index contributed by atoms with van der Waals surface area (Å²) in [5.74, 6) is -1.13. The number of aromatic nitrogens is 1. The van der Waals surface area contributed by atoms with E-state index in [0.717, 1.165) is 29.3 Å². The van der Waals surface area contributed by atoms with Crippen LogP contribution in [-0.2, 0) is 13.2 Å². The van der Waals surface area contributed by atoms with Gasteiger partial charge in [-0.3, -0.25) is 9.78 Å². The molecule has 1 N–H and O–H groups in total. The number of halogens is 2. The number of carbonyl (C=O) groups is 1. The van der Waals surface area contributed by atoms with Crippen molar-refractivity contribution in [1.29, 1.82) is 0 Å². The number of pyridine rings is 1. The van der Waals surface area contributed by atoms with Crippen molar-refractivity contribution < 1.29 is 23.0 Å². The van der Waals surface area contributed by atoms with Crippen molar-refractivity contribution in [1.82, 2.24) is 10.3 Å². The third-order valence-corrected chi connectivity index (χ3v) is 3.97. The topological polar surface area (TPSA) is 60.5 Å². The summed E-state index contributed by atoms with van der Waals surface area (Å²) in [6.45, 7) is 0.452. The number of nitrogens with zero attached hydrogens (tertiary/aromatic N) is 1. The number of methoxy groups -OCH3 is 1. The number of ether oxygens (including phenoxy) is 2. The Morgan fingerprint density at radius 3 is 2.68 bits per heavy atom. The Morgan fingerprint density at radius 2 is 1.93 bits per heavy atom. The molecule has 0 unspecified atom stereocenters. The van der Waals surface area contributed by atoms with Crippen LogP contribution in [0.3, 0.4) is 0 Å². The van der Waals surface area contributed by atoms with Crippen LogP contribution >= 0.6 is 0 Å². The second kappa shape index (κ2) is 8.94. The fourth-order valence-corrected chi connectivity index (χ4v) is 2.53. The molecular weight excluding hydrogens is 366 g/mol. The van der Waals surface area contributed by atoms with E-state index in [2.05, 4.69) is 10.3 Å². The Hall–Kier alpha value is -3.48. The lowest BCUT2D eigenvalue weighted by molar-refractivity contribution is 0.0946. The average Bonchev–Trinajstić information content (AvgIpc) is 2.73. The molecule has 5 nitrogen and oxygen atoms in total. The first-order valence-corrected chi connectivity index (χ1v) is 8.48. The molecule has 0 radical (unpaired) electrons. The quantitative estimate of drug-likeness (QED) is 0.672. The van der Waals surface area contributed by atoms with Crippen molar-refractivity contribution in [3.63, 3.8) is 0 Å². The molecule has 0 aliphatic carbocycles. The number of hydrogen-bond acceptors (Lipinski definition) is 4. The standard InChI is InChI=1S/C21H18F2N2O3/c1-27-20-9-14(4-7-19(20)28-13-15-3-2-8-24-11-15)12-25-21(26)17-10-16(22)5-6-18(17)23/h2-11H,12-13H2,1H3,(H,25,26). The van der Waals surface area contributed by atoms with Gasteiger partial charge in [-0.25, -0.2) is 8.78 Å². The maximum atomic E-state index is 13.7. The van der Waals surface area contributed by atoms with Crippen LogP contribution in [0, 0.1) is 11.6 Å². The Kier molecular flexibility index (Phi) is 6.16. The lowest BCUT2D eigenvalue weighted by atomic mass is 10.1. The molecule has 0 aliphatic rings. The summed E-state index contributed by atoms with van der Waals surface area (Å²) in [6.07, 6.45) is 3.39. The molecule has 3 aromatic rings. The highest BCUT2D eigenvalue weighted by Crippen LogP contribution is 2.28. The van der Waals surface area contributed by atoms with Crippen molar-refractivity contribution >= 4 is 5.91 Å². The SMILES string of the molecule is COc1cc(CNC(=O)c2cc(F)ccc2F)ccc1OCc1cccnc1. The summed E-state index contributed by atoms with van der Waals surface area (Å²) < 4.78 is 38.0. The van der Waals surface area contributed by atoms with Crippen LogP contribution in [0.25, 0.3) is 0 Å². The van der Waals surface area contributed by atoms with Gasteiger partial charge < -0.3 is 14.8 Å². The Bertz CT molecular complexity index is 965. The summed E-state index contributed by atoms with van der Waals surface area (Å²) in [4.78, 5) is 16.1. The Labute approximate surface area is 160 Å². The first-order chi connectivity index (χ1) is 13.6. The van der Waals surface area contributed by atoms with E-state index in [4.69, 9.17) is 9.47 Å². The molecule has 28 heavy (non-hydrogen) atoms. The van der Waals surface area contributed by atoms with Crippen molar-refractivity contribution in [3.8, 4) is 11.5 Å². The number of amides is 1. The molecule has 0 fully saturated rings. The molecule has 0 saturated carbocycles. The molecule has 1 aromatic heterocycles. The fourth-order valence-electron chi connectivity index (χ4n) is 2.53. The molecule has 0 aliphatic heterocycles. The zero-order chi connectivity index (χ0) is 19.9. The summed E-state index contributed by atoms with van der Waals surface area (Å²) in [5.41, 5.74) is 1.29. The summed E-state index contributed by atoms with van der Waals surface area (Å²) in [6, 6.07) is 11.6. The van der Waals surface area contributed by atoms with Crippen molar-refractivity contribution in [2.24, 2.45) is 0 Å². The summed E-state index contributed by atoms with van der Waals surface area (Å²) in [5, 5.41) is 2.56. The molecule has 0 spiro atoms.